The molecule has 7 nitrogen and oxygen atoms in total. The van der Waals surface area contributed by atoms with E-state index in [1.54, 1.807) is 6.07 Å². The number of amides is 1. The molecule has 0 atom stereocenters. The van der Waals surface area contributed by atoms with E-state index in [1.165, 1.54) is 17.2 Å². The molecular weight excluding hydrogens is 210 g/mol. The Bertz CT molecular complexity index is 511. The Morgan fingerprint density at radius 2 is 2.38 bits per heavy atom. The van der Waals surface area contributed by atoms with E-state index in [1.807, 2.05) is 0 Å². The fourth-order valence-electron chi connectivity index (χ4n) is 1.53. The lowest BCUT2D eigenvalue weighted by molar-refractivity contribution is 0.0608. The molecule has 1 saturated heterocycles. The van der Waals surface area contributed by atoms with Gasteiger partial charge in [0.1, 0.15) is 0 Å². The number of hydrogen-bond acceptors (Lipinski definition) is 3. The van der Waals surface area contributed by atoms with Gasteiger partial charge in [-0.25, -0.2) is 0 Å². The predicted octanol–water partition coefficient (Wildman–Crippen LogP) is 0.510. The van der Waals surface area contributed by atoms with Crippen molar-refractivity contribution < 1.29 is 4.79 Å². The Morgan fingerprint density at radius 3 is 3.00 bits per heavy atom. The molecule has 0 unspecified atom stereocenters. The van der Waals surface area contributed by atoms with Gasteiger partial charge in [0.25, 0.3) is 5.91 Å². The lowest BCUT2D eigenvalue weighted by Crippen LogP contribution is -2.52. The Hall–Kier alpha value is -2.27. The van der Waals surface area contributed by atoms with Crippen molar-refractivity contribution in [2.75, 3.05) is 13.1 Å². The minimum absolute atomic E-state index is 0.143. The fraction of sp³-hybridized carbons (Fsp3) is 0.333. The highest BCUT2D eigenvalue weighted by Gasteiger charge is 2.30. The van der Waals surface area contributed by atoms with E-state index in [0.717, 1.165) is 0 Å². The highest BCUT2D eigenvalue weighted by Crippen LogP contribution is 2.14. The first kappa shape index (κ1) is 10.3. The normalized spacial score (nSPS) is 15.1. The summed E-state index contributed by atoms with van der Waals surface area (Å²) in [7, 11) is 0. The molecule has 1 amide bonds. The van der Waals surface area contributed by atoms with Crippen molar-refractivity contribution in [3.8, 4) is 0 Å². The zero-order valence-electron chi connectivity index (χ0n) is 8.33. The van der Waals surface area contributed by atoms with Gasteiger partial charge in [-0.1, -0.05) is 5.11 Å². The molecule has 0 aromatic carbocycles. The Morgan fingerprint density at radius 1 is 1.62 bits per heavy atom. The lowest BCUT2D eigenvalue weighted by atomic mass is 10.1. The zero-order chi connectivity index (χ0) is 11.5. The summed E-state index contributed by atoms with van der Waals surface area (Å²) in [6.45, 7) is 0.825. The molecule has 1 fully saturated rings. The second kappa shape index (κ2) is 4.08. The van der Waals surface area contributed by atoms with Crippen LogP contribution in [0.2, 0.25) is 0 Å². The maximum absolute atomic E-state index is 11.8. The van der Waals surface area contributed by atoms with Crippen LogP contribution in [-0.2, 0) is 0 Å². The number of carbonyl (C=O) groups is 1. The van der Waals surface area contributed by atoms with Gasteiger partial charge in [-0.05, 0) is 11.6 Å². The van der Waals surface area contributed by atoms with Crippen molar-refractivity contribution in [3.63, 3.8) is 0 Å². The summed E-state index contributed by atoms with van der Waals surface area (Å²) in [5.74, 6) is -0.213. The molecule has 82 valence electrons. The molecule has 0 spiro atoms. The van der Waals surface area contributed by atoms with Gasteiger partial charge in [-0.3, -0.25) is 9.59 Å². The van der Waals surface area contributed by atoms with E-state index >= 15 is 0 Å². The maximum atomic E-state index is 11.8. The zero-order valence-corrected chi connectivity index (χ0v) is 8.33. The van der Waals surface area contributed by atoms with Crippen LogP contribution >= 0.6 is 0 Å². The number of carbonyl (C=O) groups excluding carboxylic acids is 1. The highest BCUT2D eigenvalue weighted by atomic mass is 16.2. The van der Waals surface area contributed by atoms with Crippen LogP contribution in [0.25, 0.3) is 10.4 Å². The predicted molar refractivity (Wildman–Crippen MR) is 55.9 cm³/mol. The summed E-state index contributed by atoms with van der Waals surface area (Å²) in [5.41, 5.74) is 8.23. The molecule has 0 radical (unpaired) electrons. The van der Waals surface area contributed by atoms with Crippen LogP contribution in [-0.4, -0.2) is 34.9 Å². The molecule has 1 N–H and O–H groups in total. The van der Waals surface area contributed by atoms with Gasteiger partial charge in [0, 0.05) is 35.8 Å². The maximum Gasteiger partial charge on any atom is 0.254 e. The number of likely N-dealkylation sites (tertiary alicyclic amines) is 1. The van der Waals surface area contributed by atoms with Crippen molar-refractivity contribution in [2.45, 2.75) is 6.04 Å². The number of aromatic nitrogens is 1. The Kier molecular flexibility index (Phi) is 2.61. The van der Waals surface area contributed by atoms with Gasteiger partial charge in [-0.2, -0.15) is 0 Å². The summed E-state index contributed by atoms with van der Waals surface area (Å²) in [6.07, 6.45) is 1.43. The van der Waals surface area contributed by atoms with Crippen LogP contribution < -0.4 is 5.56 Å². The molecule has 1 aliphatic heterocycles. The first-order chi connectivity index (χ1) is 7.70. The molecule has 16 heavy (non-hydrogen) atoms. The molecule has 0 aliphatic carbocycles. The van der Waals surface area contributed by atoms with Gasteiger partial charge < -0.3 is 9.88 Å². The summed E-state index contributed by atoms with van der Waals surface area (Å²) in [5, 5.41) is 3.49. The summed E-state index contributed by atoms with van der Waals surface area (Å²) in [4.78, 5) is 29.4. The molecule has 1 aromatic heterocycles. The Balaban J connectivity index is 2.05. The standard InChI is InChI=1S/C9H9N5O2/c10-13-12-7-4-14(5-7)9(16)6-1-2-11-8(15)3-6/h1-3,7H,4-5H2,(H,11,15). The third-order valence-corrected chi connectivity index (χ3v) is 2.39. The van der Waals surface area contributed by atoms with Gasteiger partial charge in [0.15, 0.2) is 0 Å². The SMILES string of the molecule is [N-]=[N+]=NC1CN(C(=O)c2cc[nH]c(=O)c2)C1. The lowest BCUT2D eigenvalue weighted by Gasteiger charge is -2.36. The number of hydrogen-bond donors (Lipinski definition) is 1. The molecule has 7 heteroatoms. The number of pyridine rings is 1. The fourth-order valence-corrected chi connectivity index (χ4v) is 1.53. The van der Waals surface area contributed by atoms with Gasteiger partial charge >= 0.3 is 0 Å². The van der Waals surface area contributed by atoms with Gasteiger partial charge in [0.05, 0.1) is 6.04 Å². The van der Waals surface area contributed by atoms with E-state index in [-0.39, 0.29) is 17.5 Å². The van der Waals surface area contributed by atoms with Crippen molar-refractivity contribution in [1.29, 1.82) is 0 Å². The minimum atomic E-state index is -0.307. The van der Waals surface area contributed by atoms with E-state index in [2.05, 4.69) is 15.0 Å². The van der Waals surface area contributed by atoms with Crippen LogP contribution in [0.3, 0.4) is 0 Å². The molecule has 1 aliphatic rings. The number of H-pyrrole nitrogens is 1. The third-order valence-electron chi connectivity index (χ3n) is 2.39. The average molecular weight is 219 g/mol. The first-order valence-electron chi connectivity index (χ1n) is 4.73. The van der Waals surface area contributed by atoms with Crippen molar-refractivity contribution in [2.24, 2.45) is 5.11 Å². The Labute approximate surface area is 90.3 Å². The highest BCUT2D eigenvalue weighted by molar-refractivity contribution is 5.94. The largest absolute Gasteiger partial charge is 0.338 e. The topological polar surface area (TPSA) is 102 Å². The van der Waals surface area contributed by atoms with E-state index in [9.17, 15) is 9.59 Å². The first-order valence-corrected chi connectivity index (χ1v) is 4.73. The van der Waals surface area contributed by atoms with E-state index in [4.69, 9.17) is 5.53 Å². The molecule has 0 saturated carbocycles. The summed E-state index contributed by atoms with van der Waals surface area (Å²) in [6, 6.07) is 2.66. The van der Waals surface area contributed by atoms with Crippen molar-refractivity contribution in [1.82, 2.24) is 9.88 Å². The number of nitrogens with one attached hydrogen (secondary N) is 1. The monoisotopic (exact) mass is 219 g/mol. The van der Waals surface area contributed by atoms with Gasteiger partial charge in [-0.15, -0.1) is 0 Å². The van der Waals surface area contributed by atoms with E-state index < -0.39 is 0 Å². The van der Waals surface area contributed by atoms with E-state index in [0.29, 0.717) is 18.7 Å². The van der Waals surface area contributed by atoms with Crippen LogP contribution in [0, 0.1) is 0 Å². The van der Waals surface area contributed by atoms with Crippen LogP contribution in [0.4, 0.5) is 0 Å². The average Bonchev–Trinajstić information content (AvgIpc) is 2.22. The van der Waals surface area contributed by atoms with Crippen molar-refractivity contribution in [3.05, 3.63) is 44.7 Å². The molecule has 0 bridgehead atoms. The smallest absolute Gasteiger partial charge is 0.254 e. The quantitative estimate of drug-likeness (QED) is 0.445. The minimum Gasteiger partial charge on any atom is -0.338 e. The van der Waals surface area contributed by atoms with Crippen LogP contribution in [0.5, 0.6) is 0 Å². The number of nitrogens with zero attached hydrogens (tertiary/aromatic N) is 4. The summed E-state index contributed by atoms with van der Waals surface area (Å²) < 4.78 is 0. The number of aromatic amines is 1. The van der Waals surface area contributed by atoms with Crippen molar-refractivity contribution >= 4 is 5.91 Å². The van der Waals surface area contributed by atoms with Gasteiger partial charge in [0.2, 0.25) is 5.56 Å². The number of azide groups is 1. The molecular formula is C9H9N5O2. The molecule has 1 aromatic rings. The second-order valence-corrected chi connectivity index (χ2v) is 3.51. The molecule has 2 rings (SSSR count). The van der Waals surface area contributed by atoms with Crippen LogP contribution in [0.15, 0.2) is 28.2 Å². The number of rotatable bonds is 2. The second-order valence-electron chi connectivity index (χ2n) is 3.51. The molecule has 2 heterocycles. The summed E-state index contributed by atoms with van der Waals surface area (Å²) >= 11 is 0. The van der Waals surface area contributed by atoms with Crippen LogP contribution in [0.1, 0.15) is 10.4 Å². The third kappa shape index (κ3) is 1.89.